The number of ether oxygens (including phenoxy) is 1. The van der Waals surface area contributed by atoms with Gasteiger partial charge in [0.15, 0.2) is 0 Å². The van der Waals surface area contributed by atoms with Crippen LogP contribution in [0.2, 0.25) is 0 Å². The third-order valence-corrected chi connectivity index (χ3v) is 4.36. The summed E-state index contributed by atoms with van der Waals surface area (Å²) in [5, 5.41) is 5.73. The molecule has 0 aliphatic heterocycles. The predicted molar refractivity (Wildman–Crippen MR) is 81.0 cm³/mol. The van der Waals surface area contributed by atoms with Gasteiger partial charge in [-0.1, -0.05) is 19.9 Å². The maximum Gasteiger partial charge on any atom is 0.253 e. The third-order valence-electron chi connectivity index (χ3n) is 4.36. The van der Waals surface area contributed by atoms with Crippen molar-refractivity contribution in [3.05, 3.63) is 29.6 Å². The third kappa shape index (κ3) is 2.88. The molecule has 4 nitrogen and oxygen atoms in total. The second-order valence-corrected chi connectivity index (χ2v) is 5.94. The van der Waals surface area contributed by atoms with Crippen molar-refractivity contribution in [3.63, 3.8) is 0 Å². The van der Waals surface area contributed by atoms with E-state index in [1.54, 1.807) is 19.2 Å². The molecule has 0 heterocycles. The van der Waals surface area contributed by atoms with E-state index in [9.17, 15) is 9.18 Å². The van der Waals surface area contributed by atoms with Gasteiger partial charge in [0, 0.05) is 25.1 Å². The first-order chi connectivity index (χ1) is 9.91. The summed E-state index contributed by atoms with van der Waals surface area (Å²) in [5.74, 6) is -0.683. The Morgan fingerprint density at radius 3 is 2.76 bits per heavy atom. The molecule has 21 heavy (non-hydrogen) atoms. The number of halogens is 1. The van der Waals surface area contributed by atoms with E-state index in [1.807, 2.05) is 6.92 Å². The molecular weight excluding hydrogens is 271 g/mol. The number of rotatable bonds is 5. The van der Waals surface area contributed by atoms with Crippen LogP contribution in [0.3, 0.4) is 0 Å². The molecule has 0 aromatic heterocycles. The number of anilines is 1. The van der Waals surface area contributed by atoms with Gasteiger partial charge >= 0.3 is 0 Å². The van der Waals surface area contributed by atoms with Crippen molar-refractivity contribution in [3.8, 4) is 0 Å². The molecule has 1 saturated carbocycles. The van der Waals surface area contributed by atoms with E-state index in [0.29, 0.717) is 12.2 Å². The van der Waals surface area contributed by atoms with Crippen LogP contribution in [0.1, 0.15) is 37.6 Å². The van der Waals surface area contributed by atoms with Gasteiger partial charge in [-0.3, -0.25) is 4.79 Å². The summed E-state index contributed by atoms with van der Waals surface area (Å²) in [5.41, 5.74) is 0.445. The first-order valence-corrected chi connectivity index (χ1v) is 7.30. The quantitative estimate of drug-likeness (QED) is 0.878. The maximum atomic E-state index is 13.7. The number of para-hydroxylation sites is 1. The molecule has 116 valence electrons. The number of hydrogen-bond acceptors (Lipinski definition) is 3. The molecule has 2 rings (SSSR count). The maximum absolute atomic E-state index is 13.7. The van der Waals surface area contributed by atoms with E-state index in [2.05, 4.69) is 24.5 Å². The van der Waals surface area contributed by atoms with E-state index in [-0.39, 0.29) is 29.2 Å². The molecule has 1 fully saturated rings. The van der Waals surface area contributed by atoms with Crippen molar-refractivity contribution in [2.45, 2.75) is 39.3 Å². The van der Waals surface area contributed by atoms with E-state index >= 15 is 0 Å². The Balaban J connectivity index is 2.08. The predicted octanol–water partition coefficient (Wildman–Crippen LogP) is 2.80. The molecule has 1 aromatic rings. The van der Waals surface area contributed by atoms with Gasteiger partial charge in [-0.15, -0.1) is 0 Å². The molecule has 1 amide bonds. The first-order valence-electron chi connectivity index (χ1n) is 7.30. The monoisotopic (exact) mass is 294 g/mol. The van der Waals surface area contributed by atoms with Crippen LogP contribution in [-0.4, -0.2) is 31.7 Å². The minimum Gasteiger partial charge on any atom is -0.385 e. The second kappa shape index (κ2) is 6.02. The van der Waals surface area contributed by atoms with Gasteiger partial charge < -0.3 is 15.4 Å². The van der Waals surface area contributed by atoms with Crippen LogP contribution in [-0.2, 0) is 4.74 Å². The zero-order valence-corrected chi connectivity index (χ0v) is 13.0. The Bertz CT molecular complexity index is 531. The Morgan fingerprint density at radius 1 is 1.48 bits per heavy atom. The van der Waals surface area contributed by atoms with Crippen LogP contribution in [0.4, 0.5) is 10.1 Å². The fourth-order valence-electron chi connectivity index (χ4n) is 2.82. The fourth-order valence-corrected chi connectivity index (χ4v) is 2.82. The van der Waals surface area contributed by atoms with Crippen LogP contribution in [0.15, 0.2) is 18.2 Å². The van der Waals surface area contributed by atoms with Gasteiger partial charge in [-0.05, 0) is 25.5 Å². The van der Waals surface area contributed by atoms with Gasteiger partial charge in [-0.2, -0.15) is 0 Å². The number of benzene rings is 1. The lowest BCUT2D eigenvalue weighted by atomic mass is 9.64. The minimum absolute atomic E-state index is 0.0366. The SMILES string of the molecule is CCOC1CC(NC(=O)c2cccc(F)c2NC)C1(C)C. The standard InChI is InChI=1S/C16H23FN2O2/c1-5-21-13-9-12(16(13,2)3)19-15(20)10-7-6-8-11(17)14(10)18-4/h6-8,12-13,18H,5,9H2,1-4H3,(H,19,20). The molecule has 0 bridgehead atoms. The summed E-state index contributed by atoms with van der Waals surface area (Å²) < 4.78 is 19.3. The van der Waals surface area contributed by atoms with Gasteiger partial charge in [0.05, 0.1) is 17.4 Å². The van der Waals surface area contributed by atoms with Crippen molar-refractivity contribution in [1.82, 2.24) is 5.32 Å². The van der Waals surface area contributed by atoms with E-state index in [1.165, 1.54) is 6.07 Å². The highest BCUT2D eigenvalue weighted by Crippen LogP contribution is 2.42. The molecule has 2 atom stereocenters. The number of nitrogens with one attached hydrogen (secondary N) is 2. The van der Waals surface area contributed by atoms with Crippen LogP contribution in [0.5, 0.6) is 0 Å². The topological polar surface area (TPSA) is 50.4 Å². The molecule has 1 aliphatic rings. The molecule has 0 radical (unpaired) electrons. The zero-order valence-electron chi connectivity index (χ0n) is 13.0. The Kier molecular flexibility index (Phi) is 4.52. The number of carbonyl (C=O) groups is 1. The summed E-state index contributed by atoms with van der Waals surface area (Å²) in [4.78, 5) is 12.4. The average molecular weight is 294 g/mol. The smallest absolute Gasteiger partial charge is 0.253 e. The second-order valence-electron chi connectivity index (χ2n) is 5.94. The first kappa shape index (κ1) is 15.8. The van der Waals surface area contributed by atoms with E-state index in [0.717, 1.165) is 6.42 Å². The Hall–Kier alpha value is -1.62. The number of amides is 1. The molecule has 5 heteroatoms. The van der Waals surface area contributed by atoms with Gasteiger partial charge in [0.1, 0.15) is 5.82 Å². The molecule has 2 N–H and O–H groups in total. The zero-order chi connectivity index (χ0) is 15.6. The van der Waals surface area contributed by atoms with Crippen LogP contribution in [0.25, 0.3) is 0 Å². The van der Waals surface area contributed by atoms with E-state index in [4.69, 9.17) is 4.74 Å². The average Bonchev–Trinajstić information content (AvgIpc) is 2.45. The highest BCUT2D eigenvalue weighted by molar-refractivity contribution is 6.00. The number of carbonyl (C=O) groups excluding carboxylic acids is 1. The highest BCUT2D eigenvalue weighted by Gasteiger charge is 2.49. The highest BCUT2D eigenvalue weighted by atomic mass is 19.1. The molecule has 2 unspecified atom stereocenters. The van der Waals surface area contributed by atoms with Crippen LogP contribution < -0.4 is 10.6 Å². The fraction of sp³-hybridized carbons (Fsp3) is 0.562. The van der Waals surface area contributed by atoms with Crippen molar-refractivity contribution in [2.75, 3.05) is 19.0 Å². The summed E-state index contributed by atoms with van der Waals surface area (Å²) in [6, 6.07) is 4.53. The normalized spacial score (nSPS) is 23.3. The summed E-state index contributed by atoms with van der Waals surface area (Å²) in [6.45, 7) is 6.79. The van der Waals surface area contributed by atoms with Crippen LogP contribution >= 0.6 is 0 Å². The van der Waals surface area contributed by atoms with Crippen molar-refractivity contribution >= 4 is 11.6 Å². The molecule has 1 aromatic carbocycles. The van der Waals surface area contributed by atoms with Crippen molar-refractivity contribution in [2.24, 2.45) is 5.41 Å². The lowest BCUT2D eigenvalue weighted by Crippen LogP contribution is -2.62. The lowest BCUT2D eigenvalue weighted by Gasteiger charge is -2.51. The summed E-state index contributed by atoms with van der Waals surface area (Å²) >= 11 is 0. The van der Waals surface area contributed by atoms with E-state index < -0.39 is 5.82 Å². The Labute approximate surface area is 125 Å². The van der Waals surface area contributed by atoms with Gasteiger partial charge in [-0.25, -0.2) is 4.39 Å². The summed E-state index contributed by atoms with van der Waals surface area (Å²) in [6.07, 6.45) is 0.945. The molecule has 0 saturated heterocycles. The molecule has 1 aliphatic carbocycles. The van der Waals surface area contributed by atoms with Crippen molar-refractivity contribution in [1.29, 1.82) is 0 Å². The van der Waals surface area contributed by atoms with Gasteiger partial charge in [0.25, 0.3) is 5.91 Å². The number of hydrogen-bond donors (Lipinski definition) is 2. The van der Waals surface area contributed by atoms with Gasteiger partial charge in [0.2, 0.25) is 0 Å². The summed E-state index contributed by atoms with van der Waals surface area (Å²) in [7, 11) is 1.60. The minimum atomic E-state index is -0.426. The van der Waals surface area contributed by atoms with Crippen LogP contribution in [0, 0.1) is 11.2 Å². The Morgan fingerprint density at radius 2 is 2.19 bits per heavy atom. The molecule has 0 spiro atoms. The lowest BCUT2D eigenvalue weighted by molar-refractivity contribution is -0.111. The largest absolute Gasteiger partial charge is 0.385 e. The van der Waals surface area contributed by atoms with Crippen molar-refractivity contribution < 1.29 is 13.9 Å². The molecular formula is C16H23FN2O2.